The third-order valence-corrected chi connectivity index (χ3v) is 9.03. The van der Waals surface area contributed by atoms with Crippen molar-refractivity contribution in [3.63, 3.8) is 0 Å². The van der Waals surface area contributed by atoms with Crippen LogP contribution in [0.2, 0.25) is 0 Å². The Morgan fingerprint density at radius 1 is 0.974 bits per heavy atom. The second kappa shape index (κ2) is 10.7. The average Bonchev–Trinajstić information content (AvgIpc) is 2.90. The van der Waals surface area contributed by atoms with E-state index < -0.39 is 17.7 Å². The first-order chi connectivity index (χ1) is 18.1. The third kappa shape index (κ3) is 5.12. The van der Waals surface area contributed by atoms with Gasteiger partial charge < -0.3 is 14.6 Å². The van der Waals surface area contributed by atoms with Gasteiger partial charge in [-0.25, -0.2) is 4.79 Å². The van der Waals surface area contributed by atoms with Crippen molar-refractivity contribution in [1.82, 2.24) is 4.90 Å². The van der Waals surface area contributed by atoms with Gasteiger partial charge in [0.1, 0.15) is 5.75 Å². The summed E-state index contributed by atoms with van der Waals surface area (Å²) >= 11 is 0. The van der Waals surface area contributed by atoms with E-state index in [0.29, 0.717) is 6.04 Å². The fraction of sp³-hybridized carbons (Fsp3) is 0.606. The van der Waals surface area contributed by atoms with E-state index in [0.717, 1.165) is 67.0 Å². The van der Waals surface area contributed by atoms with Gasteiger partial charge in [0.2, 0.25) is 0 Å². The van der Waals surface area contributed by atoms with Crippen LogP contribution >= 0.6 is 0 Å². The third-order valence-electron chi connectivity index (χ3n) is 9.03. The zero-order valence-electron chi connectivity index (χ0n) is 24.2. The Hall–Kier alpha value is -2.37. The quantitative estimate of drug-likeness (QED) is 0.451. The molecule has 0 unspecified atom stereocenters. The average molecular weight is 520 g/mol. The highest BCUT2D eigenvalue weighted by Gasteiger charge is 2.36. The molecule has 5 nitrogen and oxygen atoms in total. The number of hydrogen-bond donors (Lipinski definition) is 1. The van der Waals surface area contributed by atoms with Crippen LogP contribution < -0.4 is 4.74 Å². The normalized spacial score (nSPS) is 19.4. The van der Waals surface area contributed by atoms with Crippen molar-refractivity contribution in [3.8, 4) is 16.9 Å². The molecule has 0 saturated heterocycles. The van der Waals surface area contributed by atoms with Crippen LogP contribution in [-0.2, 0) is 28.9 Å². The molecule has 5 rings (SSSR count). The van der Waals surface area contributed by atoms with Gasteiger partial charge >= 0.3 is 5.97 Å². The predicted molar refractivity (Wildman–Crippen MR) is 152 cm³/mol. The van der Waals surface area contributed by atoms with Crippen molar-refractivity contribution >= 4 is 5.97 Å². The zero-order valence-corrected chi connectivity index (χ0v) is 24.2. The maximum Gasteiger partial charge on any atom is 0.337 e. The van der Waals surface area contributed by atoms with Gasteiger partial charge in [0, 0.05) is 24.7 Å². The largest absolute Gasteiger partial charge is 0.493 e. The van der Waals surface area contributed by atoms with Crippen LogP contribution in [0.4, 0.5) is 0 Å². The molecule has 2 aromatic carbocycles. The molecule has 1 saturated carbocycles. The van der Waals surface area contributed by atoms with Crippen LogP contribution in [0, 0.1) is 20.8 Å². The molecule has 2 heterocycles. The Morgan fingerprint density at radius 3 is 2.39 bits per heavy atom. The van der Waals surface area contributed by atoms with Crippen LogP contribution in [0.5, 0.6) is 5.75 Å². The molecule has 3 aliphatic rings. The van der Waals surface area contributed by atoms with Gasteiger partial charge in [-0.1, -0.05) is 25.3 Å². The van der Waals surface area contributed by atoms with E-state index in [1.807, 2.05) is 20.8 Å². The highest BCUT2D eigenvalue weighted by atomic mass is 16.5. The van der Waals surface area contributed by atoms with Crippen LogP contribution in [0.15, 0.2) is 12.1 Å². The fourth-order valence-electron chi connectivity index (χ4n) is 7.14. The molecule has 1 aliphatic carbocycles. The molecule has 1 N–H and O–H groups in total. The molecule has 2 aromatic rings. The highest BCUT2D eigenvalue weighted by molar-refractivity contribution is 5.85. The van der Waals surface area contributed by atoms with E-state index in [4.69, 9.17) is 9.47 Å². The van der Waals surface area contributed by atoms with Gasteiger partial charge in [-0.05, 0) is 124 Å². The molecule has 5 heteroatoms. The second-order valence-corrected chi connectivity index (χ2v) is 12.6. The SMILES string of the molecule is Cc1c(-c2c(C)c3c(c(C)c2[C@H](OC(C)(C)C)C(=O)O)CCN(C2CCCCC2)C3)ccc2c1CCCO2. The Kier molecular flexibility index (Phi) is 7.63. The molecule has 1 atom stereocenters. The van der Waals surface area contributed by atoms with Crippen molar-refractivity contribution in [2.75, 3.05) is 13.2 Å². The molecular weight excluding hydrogens is 474 g/mol. The standard InChI is InChI=1S/C33H45NO4/c1-20-25-13-10-18-37-28(25)15-14-26(20)29-22(3)27-19-34(23-11-8-7-9-12-23)17-16-24(27)21(2)30(29)31(32(35)36)38-33(4,5)6/h14-15,23,31H,7-13,16-19H2,1-6H3,(H,35,36)/t31-/m0/s1. The number of nitrogens with zero attached hydrogens (tertiary/aromatic N) is 1. The zero-order chi connectivity index (χ0) is 27.2. The topological polar surface area (TPSA) is 59.0 Å². The molecule has 0 spiro atoms. The number of carboxylic acids is 1. The van der Waals surface area contributed by atoms with E-state index >= 15 is 0 Å². The maximum atomic E-state index is 12.8. The molecule has 0 amide bonds. The molecule has 38 heavy (non-hydrogen) atoms. The number of aliphatic carboxylic acids is 1. The number of fused-ring (bicyclic) bond motifs is 2. The summed E-state index contributed by atoms with van der Waals surface area (Å²) in [4.78, 5) is 15.5. The Bertz CT molecular complexity index is 1220. The van der Waals surface area contributed by atoms with E-state index in [9.17, 15) is 9.90 Å². The van der Waals surface area contributed by atoms with Crippen LogP contribution in [0.25, 0.3) is 11.1 Å². The summed E-state index contributed by atoms with van der Waals surface area (Å²) in [6.07, 6.45) is 8.54. The summed E-state index contributed by atoms with van der Waals surface area (Å²) in [6, 6.07) is 4.90. The Labute approximate surface area is 228 Å². The van der Waals surface area contributed by atoms with Gasteiger partial charge in [-0.15, -0.1) is 0 Å². The molecule has 0 bridgehead atoms. The smallest absolute Gasteiger partial charge is 0.337 e. The maximum absolute atomic E-state index is 12.8. The summed E-state index contributed by atoms with van der Waals surface area (Å²) in [5.41, 5.74) is 9.89. The Morgan fingerprint density at radius 2 is 1.71 bits per heavy atom. The predicted octanol–water partition coefficient (Wildman–Crippen LogP) is 7.24. The van der Waals surface area contributed by atoms with Crippen LogP contribution in [0.1, 0.15) is 104 Å². The van der Waals surface area contributed by atoms with Crippen molar-refractivity contribution < 1.29 is 19.4 Å². The highest BCUT2D eigenvalue weighted by Crippen LogP contribution is 2.45. The molecule has 0 radical (unpaired) electrons. The lowest BCUT2D eigenvalue weighted by Crippen LogP contribution is -2.41. The minimum atomic E-state index is -1.03. The van der Waals surface area contributed by atoms with Gasteiger partial charge in [0.05, 0.1) is 12.2 Å². The van der Waals surface area contributed by atoms with Crippen molar-refractivity contribution in [1.29, 1.82) is 0 Å². The molecular formula is C33H45NO4. The first-order valence-corrected chi connectivity index (χ1v) is 14.6. The number of carbonyl (C=O) groups is 1. The lowest BCUT2D eigenvalue weighted by atomic mass is 9.78. The lowest BCUT2D eigenvalue weighted by Gasteiger charge is -2.40. The number of carboxylic acid groups (broad SMARTS) is 1. The van der Waals surface area contributed by atoms with Gasteiger partial charge in [-0.3, -0.25) is 4.90 Å². The van der Waals surface area contributed by atoms with E-state index in [1.54, 1.807) is 0 Å². The van der Waals surface area contributed by atoms with E-state index in [-0.39, 0.29) is 0 Å². The van der Waals surface area contributed by atoms with Crippen molar-refractivity contribution in [3.05, 3.63) is 51.1 Å². The second-order valence-electron chi connectivity index (χ2n) is 12.6. The monoisotopic (exact) mass is 519 g/mol. The molecule has 0 aromatic heterocycles. The number of benzene rings is 2. The lowest BCUT2D eigenvalue weighted by molar-refractivity contribution is -0.160. The minimum absolute atomic E-state index is 0.590. The fourth-order valence-corrected chi connectivity index (χ4v) is 7.14. The van der Waals surface area contributed by atoms with Crippen LogP contribution in [-0.4, -0.2) is 40.8 Å². The molecule has 1 fully saturated rings. The summed E-state index contributed by atoms with van der Waals surface area (Å²) in [6.45, 7) is 15.1. The summed E-state index contributed by atoms with van der Waals surface area (Å²) < 4.78 is 12.3. The number of hydrogen-bond acceptors (Lipinski definition) is 4. The number of ether oxygens (including phenoxy) is 2. The van der Waals surface area contributed by atoms with Gasteiger partial charge in [0.15, 0.2) is 6.10 Å². The Balaban J connectivity index is 1.71. The first-order valence-electron chi connectivity index (χ1n) is 14.6. The van der Waals surface area contributed by atoms with Gasteiger partial charge in [0.25, 0.3) is 0 Å². The van der Waals surface area contributed by atoms with E-state index in [1.165, 1.54) is 59.9 Å². The van der Waals surface area contributed by atoms with Crippen molar-refractivity contribution in [2.24, 2.45) is 0 Å². The van der Waals surface area contributed by atoms with Gasteiger partial charge in [-0.2, -0.15) is 0 Å². The summed E-state index contributed by atoms with van der Waals surface area (Å²) in [5.74, 6) is 0.0396. The molecule has 2 aliphatic heterocycles. The molecule has 206 valence electrons. The minimum Gasteiger partial charge on any atom is -0.493 e. The summed E-state index contributed by atoms with van der Waals surface area (Å²) in [5, 5.41) is 10.5. The summed E-state index contributed by atoms with van der Waals surface area (Å²) in [7, 11) is 0. The van der Waals surface area contributed by atoms with Crippen molar-refractivity contribution in [2.45, 2.75) is 117 Å². The first kappa shape index (κ1) is 27.2. The van der Waals surface area contributed by atoms with E-state index in [2.05, 4.69) is 37.8 Å². The number of rotatable bonds is 5. The van der Waals surface area contributed by atoms with Crippen LogP contribution in [0.3, 0.4) is 0 Å².